The molecule has 0 aliphatic rings. The van der Waals surface area contributed by atoms with Gasteiger partial charge in [-0.2, -0.15) is 0 Å². The summed E-state index contributed by atoms with van der Waals surface area (Å²) in [5.74, 6) is 0. The summed E-state index contributed by atoms with van der Waals surface area (Å²) in [5, 5.41) is 1.82. The minimum absolute atomic E-state index is 1.05. The maximum absolute atomic E-state index is 3.46. The Kier molecular flexibility index (Phi) is 3.52. The highest BCUT2D eigenvalue weighted by molar-refractivity contribution is 9.10. The number of para-hydroxylation sites is 1. The molecule has 0 spiro atoms. The van der Waals surface area contributed by atoms with Crippen molar-refractivity contribution < 1.29 is 0 Å². The van der Waals surface area contributed by atoms with Crippen LogP contribution < -0.4 is 16.0 Å². The minimum atomic E-state index is 1.05. The van der Waals surface area contributed by atoms with E-state index in [1.807, 2.05) is 43.5 Å². The van der Waals surface area contributed by atoms with E-state index >= 15 is 0 Å². The maximum atomic E-state index is 3.46. The fourth-order valence-corrected chi connectivity index (χ4v) is 1.45. The van der Waals surface area contributed by atoms with Gasteiger partial charge in [-0.1, -0.05) is 12.1 Å². The van der Waals surface area contributed by atoms with Crippen molar-refractivity contribution >= 4 is 21.6 Å². The minimum Gasteiger partial charge on any atom is -0.241 e. The Morgan fingerprint density at radius 1 is 1.17 bits per heavy atom. The first kappa shape index (κ1) is 9.51. The van der Waals surface area contributed by atoms with Gasteiger partial charge in [0.1, 0.15) is 0 Å². The molecule has 0 aliphatic heterocycles. The summed E-state index contributed by atoms with van der Waals surface area (Å²) in [6.45, 7) is 0. The summed E-state index contributed by atoms with van der Waals surface area (Å²) in [6.07, 6.45) is 0. The number of hydrogen-bond acceptors (Lipinski definition) is 3. The number of nitrogens with one attached hydrogen (secondary N) is 2. The van der Waals surface area contributed by atoms with Gasteiger partial charge >= 0.3 is 0 Å². The summed E-state index contributed by atoms with van der Waals surface area (Å²) >= 11 is 3.46. The molecule has 0 saturated carbocycles. The average Bonchev–Trinajstić information content (AvgIpc) is 2.10. The first-order valence-electron chi connectivity index (χ1n) is 3.69. The lowest BCUT2D eigenvalue weighted by Gasteiger charge is -2.22. The van der Waals surface area contributed by atoms with Crippen molar-refractivity contribution in [2.75, 3.05) is 19.2 Å². The summed E-state index contributed by atoms with van der Waals surface area (Å²) in [7, 11) is 3.71. The Hall–Kier alpha value is -0.580. The molecule has 0 aliphatic carbocycles. The second-order valence-corrected chi connectivity index (χ2v) is 3.09. The third-order valence-electron chi connectivity index (χ3n) is 1.54. The van der Waals surface area contributed by atoms with Crippen LogP contribution in [0.15, 0.2) is 28.7 Å². The standard InChI is InChI=1S/C8H12BrN3/c1-10-12(11-2)8-6-4-3-5-7(8)9/h3-6,10-11H,1-2H3. The van der Waals surface area contributed by atoms with Crippen LogP contribution in [-0.2, 0) is 0 Å². The lowest BCUT2D eigenvalue weighted by atomic mass is 10.3. The average molecular weight is 230 g/mol. The largest absolute Gasteiger partial charge is 0.241 e. The number of halogens is 1. The smallest absolute Gasteiger partial charge is 0.0843 e. The van der Waals surface area contributed by atoms with Gasteiger partial charge in [0.2, 0.25) is 0 Å². The van der Waals surface area contributed by atoms with Crippen molar-refractivity contribution in [3.63, 3.8) is 0 Å². The molecule has 4 heteroatoms. The van der Waals surface area contributed by atoms with Crippen LogP contribution in [0, 0.1) is 0 Å². The van der Waals surface area contributed by atoms with Gasteiger partial charge in [0.15, 0.2) is 0 Å². The zero-order valence-electron chi connectivity index (χ0n) is 7.13. The molecule has 1 aromatic carbocycles. The number of rotatable bonds is 3. The van der Waals surface area contributed by atoms with Crippen LogP contribution in [-0.4, -0.2) is 14.1 Å². The Morgan fingerprint density at radius 3 is 2.25 bits per heavy atom. The molecule has 12 heavy (non-hydrogen) atoms. The molecule has 0 aromatic heterocycles. The van der Waals surface area contributed by atoms with Gasteiger partial charge in [0.05, 0.1) is 5.69 Å². The highest BCUT2D eigenvalue weighted by Crippen LogP contribution is 2.22. The van der Waals surface area contributed by atoms with E-state index in [1.165, 1.54) is 0 Å². The van der Waals surface area contributed by atoms with E-state index in [0.29, 0.717) is 0 Å². The molecular weight excluding hydrogens is 218 g/mol. The highest BCUT2D eigenvalue weighted by Gasteiger charge is 2.03. The molecule has 0 radical (unpaired) electrons. The molecule has 0 bridgehead atoms. The van der Waals surface area contributed by atoms with Crippen molar-refractivity contribution in [3.05, 3.63) is 28.7 Å². The monoisotopic (exact) mass is 229 g/mol. The summed E-state index contributed by atoms with van der Waals surface area (Å²) < 4.78 is 1.05. The second-order valence-electron chi connectivity index (χ2n) is 2.23. The molecule has 0 amide bonds. The fourth-order valence-electron chi connectivity index (χ4n) is 0.986. The highest BCUT2D eigenvalue weighted by atomic mass is 79.9. The fraction of sp³-hybridized carbons (Fsp3) is 0.250. The molecule has 66 valence electrons. The molecule has 0 fully saturated rings. The molecule has 1 aromatic rings. The van der Waals surface area contributed by atoms with Crippen molar-refractivity contribution in [3.8, 4) is 0 Å². The topological polar surface area (TPSA) is 27.3 Å². The van der Waals surface area contributed by atoms with Crippen LogP contribution in [0.5, 0.6) is 0 Å². The zero-order chi connectivity index (χ0) is 8.97. The maximum Gasteiger partial charge on any atom is 0.0843 e. The normalized spacial score (nSPS) is 9.92. The number of hydrazine groups is 2. The van der Waals surface area contributed by atoms with Crippen molar-refractivity contribution in [2.45, 2.75) is 0 Å². The Balaban J connectivity index is 2.92. The van der Waals surface area contributed by atoms with E-state index in [1.54, 1.807) is 0 Å². The number of benzene rings is 1. The molecule has 0 atom stereocenters. The van der Waals surface area contributed by atoms with Crippen LogP contribution >= 0.6 is 15.9 Å². The van der Waals surface area contributed by atoms with Crippen molar-refractivity contribution in [2.24, 2.45) is 0 Å². The van der Waals surface area contributed by atoms with E-state index < -0.39 is 0 Å². The lowest BCUT2D eigenvalue weighted by Crippen LogP contribution is -2.44. The van der Waals surface area contributed by atoms with Crippen molar-refractivity contribution in [1.29, 1.82) is 0 Å². The van der Waals surface area contributed by atoms with Crippen LogP contribution in [0.25, 0.3) is 0 Å². The third kappa shape index (κ3) is 1.97. The molecular formula is C8H12BrN3. The quantitative estimate of drug-likeness (QED) is 0.771. The van der Waals surface area contributed by atoms with Gasteiger partial charge in [-0.3, -0.25) is 0 Å². The third-order valence-corrected chi connectivity index (χ3v) is 2.21. The van der Waals surface area contributed by atoms with E-state index in [-0.39, 0.29) is 0 Å². The van der Waals surface area contributed by atoms with Gasteiger partial charge in [-0.15, -0.1) is 0 Å². The predicted molar refractivity (Wildman–Crippen MR) is 54.7 cm³/mol. The number of hydrogen-bond donors (Lipinski definition) is 2. The lowest BCUT2D eigenvalue weighted by molar-refractivity contribution is 0.622. The summed E-state index contributed by atoms with van der Waals surface area (Å²) in [5.41, 5.74) is 7.06. The van der Waals surface area contributed by atoms with E-state index in [4.69, 9.17) is 0 Å². The van der Waals surface area contributed by atoms with Gasteiger partial charge in [0, 0.05) is 18.6 Å². The van der Waals surface area contributed by atoms with Crippen LogP contribution in [0.4, 0.5) is 5.69 Å². The molecule has 0 unspecified atom stereocenters. The Labute approximate surface area is 80.8 Å². The molecule has 0 saturated heterocycles. The van der Waals surface area contributed by atoms with Gasteiger partial charge in [-0.05, 0) is 28.1 Å². The van der Waals surface area contributed by atoms with E-state index in [9.17, 15) is 0 Å². The van der Waals surface area contributed by atoms with Gasteiger partial charge in [-0.25, -0.2) is 16.0 Å². The first-order chi connectivity index (χ1) is 5.79. The van der Waals surface area contributed by atoms with Crippen LogP contribution in [0.3, 0.4) is 0 Å². The van der Waals surface area contributed by atoms with Crippen LogP contribution in [0.2, 0.25) is 0 Å². The molecule has 1 rings (SSSR count). The second kappa shape index (κ2) is 4.45. The Bertz CT molecular complexity index is 248. The summed E-state index contributed by atoms with van der Waals surface area (Å²) in [6, 6.07) is 7.98. The van der Waals surface area contributed by atoms with E-state index in [0.717, 1.165) is 10.2 Å². The summed E-state index contributed by atoms with van der Waals surface area (Å²) in [4.78, 5) is 0. The number of nitrogens with zero attached hydrogens (tertiary/aromatic N) is 1. The predicted octanol–water partition coefficient (Wildman–Crippen LogP) is 1.52. The molecule has 0 heterocycles. The molecule has 2 N–H and O–H groups in total. The van der Waals surface area contributed by atoms with E-state index in [2.05, 4.69) is 26.8 Å². The van der Waals surface area contributed by atoms with Gasteiger partial charge in [0.25, 0.3) is 0 Å². The van der Waals surface area contributed by atoms with Crippen LogP contribution in [0.1, 0.15) is 0 Å². The van der Waals surface area contributed by atoms with Crippen molar-refractivity contribution in [1.82, 2.24) is 10.9 Å². The number of anilines is 1. The molecule has 3 nitrogen and oxygen atoms in total. The first-order valence-corrected chi connectivity index (χ1v) is 4.48. The zero-order valence-corrected chi connectivity index (χ0v) is 8.72. The Morgan fingerprint density at radius 2 is 1.75 bits per heavy atom. The van der Waals surface area contributed by atoms with Gasteiger partial charge < -0.3 is 0 Å². The SMILES string of the molecule is CNN(NC)c1ccccc1Br.